The van der Waals surface area contributed by atoms with Crippen molar-refractivity contribution in [1.29, 1.82) is 0 Å². The maximum absolute atomic E-state index is 10.6. The Morgan fingerprint density at radius 3 is 2.93 bits per heavy atom. The fourth-order valence-corrected chi connectivity index (χ4v) is 2.01. The first-order chi connectivity index (χ1) is 7.20. The lowest BCUT2D eigenvalue weighted by Gasteiger charge is -2.23. The van der Waals surface area contributed by atoms with Crippen molar-refractivity contribution in [1.82, 2.24) is 14.7 Å². The van der Waals surface area contributed by atoms with Crippen molar-refractivity contribution in [2.24, 2.45) is 0 Å². The van der Waals surface area contributed by atoms with Crippen LogP contribution in [0.4, 0.5) is 0 Å². The van der Waals surface area contributed by atoms with Gasteiger partial charge in [0.05, 0.1) is 5.69 Å². The number of rotatable bonds is 2. The molecule has 0 bridgehead atoms. The first-order valence-corrected chi connectivity index (χ1v) is 5.46. The second-order valence-corrected chi connectivity index (χ2v) is 4.32. The molecule has 82 valence electrons. The minimum absolute atomic E-state index is 0.547. The van der Waals surface area contributed by atoms with E-state index in [2.05, 4.69) is 23.8 Å². The van der Waals surface area contributed by atoms with Crippen LogP contribution >= 0.6 is 0 Å². The lowest BCUT2D eigenvalue weighted by molar-refractivity contribution is 0.111. The SMILES string of the molecule is CC(C)N1CCCn2nc(C=O)cc2C1. The molecule has 0 aromatic carbocycles. The minimum Gasteiger partial charge on any atom is -0.296 e. The number of carbonyl (C=O) groups is 1. The summed E-state index contributed by atoms with van der Waals surface area (Å²) in [6, 6.07) is 2.44. The highest BCUT2D eigenvalue weighted by Crippen LogP contribution is 2.14. The van der Waals surface area contributed by atoms with E-state index in [1.807, 2.05) is 10.7 Å². The number of aryl methyl sites for hydroxylation is 1. The number of aromatic nitrogens is 2. The summed E-state index contributed by atoms with van der Waals surface area (Å²) < 4.78 is 1.96. The Morgan fingerprint density at radius 1 is 1.47 bits per heavy atom. The molecule has 1 aromatic heterocycles. The quantitative estimate of drug-likeness (QED) is 0.686. The van der Waals surface area contributed by atoms with E-state index in [4.69, 9.17) is 0 Å². The smallest absolute Gasteiger partial charge is 0.170 e. The third-order valence-corrected chi connectivity index (χ3v) is 2.91. The molecule has 0 saturated carbocycles. The van der Waals surface area contributed by atoms with E-state index in [9.17, 15) is 4.79 Å². The van der Waals surface area contributed by atoms with Gasteiger partial charge < -0.3 is 0 Å². The van der Waals surface area contributed by atoms with Crippen molar-refractivity contribution in [3.8, 4) is 0 Å². The first kappa shape index (κ1) is 10.4. The number of hydrogen-bond acceptors (Lipinski definition) is 3. The summed E-state index contributed by atoms with van der Waals surface area (Å²) >= 11 is 0. The van der Waals surface area contributed by atoms with E-state index in [-0.39, 0.29) is 0 Å². The van der Waals surface area contributed by atoms with Gasteiger partial charge in [-0.1, -0.05) is 0 Å². The van der Waals surface area contributed by atoms with E-state index in [1.165, 1.54) is 0 Å². The zero-order valence-corrected chi connectivity index (χ0v) is 9.31. The van der Waals surface area contributed by atoms with E-state index in [1.54, 1.807) is 0 Å². The summed E-state index contributed by atoms with van der Waals surface area (Å²) in [6.07, 6.45) is 1.92. The third-order valence-electron chi connectivity index (χ3n) is 2.91. The van der Waals surface area contributed by atoms with Crippen LogP contribution in [-0.4, -0.2) is 33.6 Å². The maximum atomic E-state index is 10.6. The molecule has 2 heterocycles. The topological polar surface area (TPSA) is 38.1 Å². The maximum Gasteiger partial charge on any atom is 0.170 e. The van der Waals surface area contributed by atoms with Crippen molar-refractivity contribution in [3.05, 3.63) is 17.5 Å². The van der Waals surface area contributed by atoms with Crippen LogP contribution in [0.2, 0.25) is 0 Å². The summed E-state index contributed by atoms with van der Waals surface area (Å²) in [4.78, 5) is 13.0. The molecule has 0 aliphatic carbocycles. The normalized spacial score (nSPS) is 17.5. The highest BCUT2D eigenvalue weighted by atomic mass is 16.1. The standard InChI is InChI=1S/C11H17N3O/c1-9(2)13-4-3-5-14-11(7-13)6-10(8-15)12-14/h6,8-9H,3-5,7H2,1-2H3. The zero-order valence-electron chi connectivity index (χ0n) is 9.31. The van der Waals surface area contributed by atoms with Crippen LogP contribution in [0.3, 0.4) is 0 Å². The van der Waals surface area contributed by atoms with Crippen LogP contribution in [0.15, 0.2) is 6.07 Å². The first-order valence-electron chi connectivity index (χ1n) is 5.46. The molecule has 0 atom stereocenters. The van der Waals surface area contributed by atoms with Gasteiger partial charge in [0, 0.05) is 25.7 Å². The highest BCUT2D eigenvalue weighted by molar-refractivity contribution is 5.71. The monoisotopic (exact) mass is 207 g/mol. The molecule has 1 aromatic rings. The van der Waals surface area contributed by atoms with Gasteiger partial charge in [-0.2, -0.15) is 5.10 Å². The van der Waals surface area contributed by atoms with Crippen LogP contribution in [0, 0.1) is 0 Å². The molecule has 0 radical (unpaired) electrons. The molecule has 0 amide bonds. The number of carbonyl (C=O) groups excluding carboxylic acids is 1. The number of nitrogens with zero attached hydrogens (tertiary/aromatic N) is 3. The second-order valence-electron chi connectivity index (χ2n) is 4.32. The molecule has 0 saturated heterocycles. The number of hydrogen-bond donors (Lipinski definition) is 0. The van der Waals surface area contributed by atoms with E-state index >= 15 is 0 Å². The summed E-state index contributed by atoms with van der Waals surface area (Å²) in [7, 11) is 0. The number of aldehydes is 1. The fraction of sp³-hybridized carbons (Fsp3) is 0.636. The molecular formula is C11H17N3O. The van der Waals surface area contributed by atoms with Gasteiger partial charge in [0.2, 0.25) is 0 Å². The molecule has 0 N–H and O–H groups in total. The summed E-state index contributed by atoms with van der Waals surface area (Å²) in [6.45, 7) is 7.33. The van der Waals surface area contributed by atoms with Gasteiger partial charge in [-0.25, -0.2) is 0 Å². The Bertz CT molecular complexity index is 357. The van der Waals surface area contributed by atoms with Crippen LogP contribution < -0.4 is 0 Å². The van der Waals surface area contributed by atoms with Gasteiger partial charge in [-0.05, 0) is 26.3 Å². The van der Waals surface area contributed by atoms with Gasteiger partial charge in [0.25, 0.3) is 0 Å². The fourth-order valence-electron chi connectivity index (χ4n) is 2.01. The highest BCUT2D eigenvalue weighted by Gasteiger charge is 2.17. The Hall–Kier alpha value is -1.16. The molecular weight excluding hydrogens is 190 g/mol. The Kier molecular flexibility index (Phi) is 2.86. The predicted molar refractivity (Wildman–Crippen MR) is 57.8 cm³/mol. The molecule has 0 unspecified atom stereocenters. The molecule has 4 heteroatoms. The van der Waals surface area contributed by atoms with Gasteiger partial charge in [0.15, 0.2) is 6.29 Å². The van der Waals surface area contributed by atoms with Gasteiger partial charge in [0.1, 0.15) is 5.69 Å². The summed E-state index contributed by atoms with van der Waals surface area (Å²) in [5.74, 6) is 0. The van der Waals surface area contributed by atoms with Crippen molar-refractivity contribution in [3.63, 3.8) is 0 Å². The molecule has 0 fully saturated rings. The lowest BCUT2D eigenvalue weighted by Crippen LogP contribution is -2.30. The largest absolute Gasteiger partial charge is 0.296 e. The molecule has 1 aliphatic heterocycles. The molecule has 0 spiro atoms. The molecule has 1 aliphatic rings. The molecule has 4 nitrogen and oxygen atoms in total. The Morgan fingerprint density at radius 2 is 2.27 bits per heavy atom. The van der Waals surface area contributed by atoms with E-state index in [0.717, 1.165) is 38.0 Å². The molecule has 15 heavy (non-hydrogen) atoms. The molecule has 2 rings (SSSR count). The minimum atomic E-state index is 0.547. The van der Waals surface area contributed by atoms with Gasteiger partial charge in [-0.3, -0.25) is 14.4 Å². The van der Waals surface area contributed by atoms with Crippen molar-refractivity contribution >= 4 is 6.29 Å². The van der Waals surface area contributed by atoms with Crippen LogP contribution in [0.1, 0.15) is 36.5 Å². The Labute approximate surface area is 89.9 Å². The van der Waals surface area contributed by atoms with E-state index in [0.29, 0.717) is 11.7 Å². The van der Waals surface area contributed by atoms with Gasteiger partial charge in [-0.15, -0.1) is 0 Å². The Balaban J connectivity index is 2.23. The van der Waals surface area contributed by atoms with E-state index < -0.39 is 0 Å². The average molecular weight is 207 g/mol. The summed E-state index contributed by atoms with van der Waals surface area (Å²) in [5, 5.41) is 4.24. The lowest BCUT2D eigenvalue weighted by atomic mass is 10.2. The predicted octanol–water partition coefficient (Wildman–Crippen LogP) is 1.31. The summed E-state index contributed by atoms with van der Waals surface area (Å²) in [5.41, 5.74) is 1.71. The number of fused-ring (bicyclic) bond motifs is 1. The average Bonchev–Trinajstić information content (AvgIpc) is 2.49. The third kappa shape index (κ3) is 2.09. The van der Waals surface area contributed by atoms with Gasteiger partial charge >= 0.3 is 0 Å². The van der Waals surface area contributed by atoms with Crippen molar-refractivity contribution < 1.29 is 4.79 Å². The van der Waals surface area contributed by atoms with Crippen LogP contribution in [0.25, 0.3) is 0 Å². The van der Waals surface area contributed by atoms with Crippen molar-refractivity contribution in [2.75, 3.05) is 6.54 Å². The van der Waals surface area contributed by atoms with Crippen LogP contribution in [0.5, 0.6) is 0 Å². The van der Waals surface area contributed by atoms with Crippen molar-refractivity contribution in [2.45, 2.75) is 39.4 Å². The second kappa shape index (κ2) is 4.14. The van der Waals surface area contributed by atoms with Crippen LogP contribution in [-0.2, 0) is 13.1 Å². The zero-order chi connectivity index (χ0) is 10.8.